The summed E-state index contributed by atoms with van der Waals surface area (Å²) < 4.78 is 5.05. The van der Waals surface area contributed by atoms with E-state index in [1.807, 2.05) is 0 Å². The third-order valence-electron chi connectivity index (χ3n) is 2.30. The molecule has 0 aliphatic heterocycles. The van der Waals surface area contributed by atoms with E-state index in [9.17, 15) is 0 Å². The van der Waals surface area contributed by atoms with E-state index >= 15 is 0 Å². The SMILES string of the molecule is COCCN(C(C)C)C(C)CC(=N)N. The minimum absolute atomic E-state index is 0.251. The highest BCUT2D eigenvalue weighted by Gasteiger charge is 2.17. The molecule has 0 aliphatic rings. The summed E-state index contributed by atoms with van der Waals surface area (Å²) in [6, 6.07) is 0.766. The van der Waals surface area contributed by atoms with Crippen LogP contribution in [0.2, 0.25) is 0 Å². The van der Waals surface area contributed by atoms with Gasteiger partial charge in [-0.25, -0.2) is 0 Å². The van der Waals surface area contributed by atoms with E-state index in [-0.39, 0.29) is 5.84 Å². The zero-order valence-corrected chi connectivity index (χ0v) is 9.71. The van der Waals surface area contributed by atoms with Gasteiger partial charge in [-0.15, -0.1) is 0 Å². The van der Waals surface area contributed by atoms with Gasteiger partial charge < -0.3 is 10.5 Å². The average molecular weight is 201 g/mol. The Bertz CT molecular complexity index is 171. The predicted molar refractivity (Wildman–Crippen MR) is 59.7 cm³/mol. The van der Waals surface area contributed by atoms with Gasteiger partial charge in [0.15, 0.2) is 0 Å². The molecule has 0 aromatic carbocycles. The van der Waals surface area contributed by atoms with Crippen LogP contribution in [0.25, 0.3) is 0 Å². The first-order chi connectivity index (χ1) is 6.49. The van der Waals surface area contributed by atoms with E-state index in [0.29, 0.717) is 18.5 Å². The second-order valence-corrected chi connectivity index (χ2v) is 3.90. The Balaban J connectivity index is 4.10. The summed E-state index contributed by atoms with van der Waals surface area (Å²) in [6.07, 6.45) is 0.627. The summed E-state index contributed by atoms with van der Waals surface area (Å²) in [5, 5.41) is 7.26. The molecule has 0 fully saturated rings. The van der Waals surface area contributed by atoms with Gasteiger partial charge in [0.05, 0.1) is 12.4 Å². The van der Waals surface area contributed by atoms with Crippen molar-refractivity contribution in [1.82, 2.24) is 4.90 Å². The molecule has 0 saturated heterocycles. The molecule has 0 aromatic rings. The van der Waals surface area contributed by atoms with Gasteiger partial charge in [0.1, 0.15) is 0 Å². The van der Waals surface area contributed by atoms with Crippen LogP contribution in [0.1, 0.15) is 27.2 Å². The van der Waals surface area contributed by atoms with Crippen LogP contribution in [0.5, 0.6) is 0 Å². The third-order valence-corrected chi connectivity index (χ3v) is 2.30. The van der Waals surface area contributed by atoms with Crippen LogP contribution < -0.4 is 5.73 Å². The van der Waals surface area contributed by atoms with Crippen LogP contribution in [0.3, 0.4) is 0 Å². The predicted octanol–water partition coefficient (Wildman–Crippen LogP) is 1.06. The van der Waals surface area contributed by atoms with Crippen LogP contribution in [-0.4, -0.2) is 43.1 Å². The lowest BCUT2D eigenvalue weighted by Crippen LogP contribution is -2.42. The smallest absolute Gasteiger partial charge is 0.0920 e. The fraction of sp³-hybridized carbons (Fsp3) is 0.900. The van der Waals surface area contributed by atoms with Crippen LogP contribution in [0, 0.1) is 5.41 Å². The van der Waals surface area contributed by atoms with E-state index in [2.05, 4.69) is 25.7 Å². The monoisotopic (exact) mass is 201 g/mol. The summed E-state index contributed by atoms with van der Waals surface area (Å²) >= 11 is 0. The lowest BCUT2D eigenvalue weighted by Gasteiger charge is -2.32. The number of hydrogen-bond acceptors (Lipinski definition) is 3. The highest BCUT2D eigenvalue weighted by molar-refractivity contribution is 5.77. The van der Waals surface area contributed by atoms with Crippen LogP contribution in [-0.2, 0) is 4.74 Å². The van der Waals surface area contributed by atoms with Crippen molar-refractivity contribution in [2.24, 2.45) is 5.73 Å². The second kappa shape index (κ2) is 6.79. The number of nitrogens with one attached hydrogen (secondary N) is 1. The topological polar surface area (TPSA) is 62.3 Å². The Morgan fingerprint density at radius 1 is 1.43 bits per heavy atom. The molecule has 3 N–H and O–H groups in total. The maximum atomic E-state index is 7.26. The number of ether oxygens (including phenoxy) is 1. The van der Waals surface area contributed by atoms with Gasteiger partial charge >= 0.3 is 0 Å². The number of nitrogens with zero attached hydrogens (tertiary/aromatic N) is 1. The second-order valence-electron chi connectivity index (χ2n) is 3.90. The Hall–Kier alpha value is -0.610. The molecule has 0 aromatic heterocycles. The van der Waals surface area contributed by atoms with Gasteiger partial charge in [-0.1, -0.05) is 0 Å². The largest absolute Gasteiger partial charge is 0.388 e. The number of methoxy groups -OCH3 is 1. The summed E-state index contributed by atoms with van der Waals surface area (Å²) in [4.78, 5) is 2.30. The lowest BCUT2D eigenvalue weighted by atomic mass is 10.1. The Morgan fingerprint density at radius 2 is 2.00 bits per heavy atom. The summed E-state index contributed by atoms with van der Waals surface area (Å²) in [5.41, 5.74) is 5.39. The maximum absolute atomic E-state index is 7.26. The average Bonchev–Trinajstić information content (AvgIpc) is 2.02. The van der Waals surface area contributed by atoms with E-state index in [1.165, 1.54) is 0 Å². The molecule has 1 unspecified atom stereocenters. The van der Waals surface area contributed by atoms with Gasteiger partial charge in [-0.3, -0.25) is 10.3 Å². The quantitative estimate of drug-likeness (QED) is 0.478. The molecule has 84 valence electrons. The standard InChI is InChI=1S/C10H23N3O/c1-8(2)13(5-6-14-4)9(3)7-10(11)12/h8-9H,5-7H2,1-4H3,(H3,11,12). The van der Waals surface area contributed by atoms with Crippen molar-refractivity contribution >= 4 is 5.84 Å². The summed E-state index contributed by atoms with van der Waals surface area (Å²) in [5.74, 6) is 0.251. The van der Waals surface area contributed by atoms with Gasteiger partial charge in [-0.2, -0.15) is 0 Å². The van der Waals surface area contributed by atoms with Crippen molar-refractivity contribution < 1.29 is 4.74 Å². The first kappa shape index (κ1) is 13.4. The first-order valence-electron chi connectivity index (χ1n) is 5.06. The van der Waals surface area contributed by atoms with E-state index in [4.69, 9.17) is 15.9 Å². The molecule has 0 rings (SSSR count). The van der Waals surface area contributed by atoms with Crippen LogP contribution >= 0.6 is 0 Å². The first-order valence-corrected chi connectivity index (χ1v) is 5.06. The van der Waals surface area contributed by atoms with E-state index in [1.54, 1.807) is 7.11 Å². The highest BCUT2D eigenvalue weighted by atomic mass is 16.5. The molecule has 0 saturated carbocycles. The molecule has 1 atom stereocenters. The molecule has 4 nitrogen and oxygen atoms in total. The molecule has 0 amide bonds. The van der Waals surface area contributed by atoms with Crippen molar-refractivity contribution in [2.75, 3.05) is 20.3 Å². The molecule has 0 radical (unpaired) electrons. The van der Waals surface area contributed by atoms with Crippen LogP contribution in [0.4, 0.5) is 0 Å². The zero-order chi connectivity index (χ0) is 11.1. The zero-order valence-electron chi connectivity index (χ0n) is 9.71. The fourth-order valence-electron chi connectivity index (χ4n) is 1.62. The minimum Gasteiger partial charge on any atom is -0.388 e. The van der Waals surface area contributed by atoms with Gasteiger partial charge in [-0.05, 0) is 20.8 Å². The summed E-state index contributed by atoms with van der Waals surface area (Å²) in [6.45, 7) is 8.00. The van der Waals surface area contributed by atoms with Crippen molar-refractivity contribution in [3.05, 3.63) is 0 Å². The molecule has 4 heteroatoms. The van der Waals surface area contributed by atoms with Crippen LogP contribution in [0.15, 0.2) is 0 Å². The van der Waals surface area contributed by atoms with E-state index in [0.717, 1.165) is 13.2 Å². The maximum Gasteiger partial charge on any atom is 0.0920 e. The van der Waals surface area contributed by atoms with Crippen molar-refractivity contribution in [2.45, 2.75) is 39.3 Å². The van der Waals surface area contributed by atoms with Gasteiger partial charge in [0, 0.05) is 32.2 Å². The molecule has 14 heavy (non-hydrogen) atoms. The molecular formula is C10H23N3O. The Morgan fingerprint density at radius 3 is 2.36 bits per heavy atom. The van der Waals surface area contributed by atoms with Crippen molar-refractivity contribution in [1.29, 1.82) is 5.41 Å². The normalized spacial score (nSPS) is 13.6. The van der Waals surface area contributed by atoms with Gasteiger partial charge in [0.25, 0.3) is 0 Å². The Labute approximate surface area is 86.9 Å². The highest BCUT2D eigenvalue weighted by Crippen LogP contribution is 2.08. The van der Waals surface area contributed by atoms with Crippen molar-refractivity contribution in [3.63, 3.8) is 0 Å². The van der Waals surface area contributed by atoms with Gasteiger partial charge in [0.2, 0.25) is 0 Å². The Kier molecular flexibility index (Phi) is 6.49. The molecule has 0 heterocycles. The number of amidine groups is 1. The third kappa shape index (κ3) is 5.19. The number of hydrogen-bond donors (Lipinski definition) is 2. The molecule has 0 bridgehead atoms. The fourth-order valence-corrected chi connectivity index (χ4v) is 1.62. The number of nitrogens with two attached hydrogens (primary N) is 1. The minimum atomic E-state index is 0.251. The van der Waals surface area contributed by atoms with Crippen molar-refractivity contribution in [3.8, 4) is 0 Å². The van der Waals surface area contributed by atoms with E-state index < -0.39 is 0 Å². The lowest BCUT2D eigenvalue weighted by molar-refractivity contribution is 0.104. The number of rotatable bonds is 7. The molecular weight excluding hydrogens is 178 g/mol. The molecule has 0 aliphatic carbocycles. The summed E-state index contributed by atoms with van der Waals surface area (Å²) in [7, 11) is 1.70. The molecule has 0 spiro atoms.